The molecule has 0 unspecified atom stereocenters. The van der Waals surface area contributed by atoms with Crippen molar-refractivity contribution in [2.24, 2.45) is 0 Å². The van der Waals surface area contributed by atoms with Gasteiger partial charge in [-0.2, -0.15) is 0 Å². The van der Waals surface area contributed by atoms with E-state index < -0.39 is 30.5 Å². The van der Waals surface area contributed by atoms with Crippen molar-refractivity contribution in [3.05, 3.63) is 22.5 Å². The summed E-state index contributed by atoms with van der Waals surface area (Å²) < 4.78 is 10.1. The van der Waals surface area contributed by atoms with Gasteiger partial charge in [-0.25, -0.2) is 9.59 Å². The quantitative estimate of drug-likeness (QED) is 0.577. The molecule has 150 valence electrons. The molecule has 0 saturated heterocycles. The first kappa shape index (κ1) is 22.2. The number of rotatable bonds is 8. The zero-order valence-electron chi connectivity index (χ0n) is 16.5. The van der Waals surface area contributed by atoms with Crippen LogP contribution in [0.5, 0.6) is 0 Å². The van der Waals surface area contributed by atoms with Crippen molar-refractivity contribution in [3.8, 4) is 0 Å². The van der Waals surface area contributed by atoms with E-state index in [0.29, 0.717) is 17.8 Å². The van der Waals surface area contributed by atoms with Gasteiger partial charge >= 0.3 is 11.9 Å². The lowest BCUT2D eigenvalue weighted by Gasteiger charge is -2.13. The highest BCUT2D eigenvalue weighted by molar-refractivity contribution is 5.99. The first-order chi connectivity index (χ1) is 12.6. The second-order valence-electron chi connectivity index (χ2n) is 6.34. The summed E-state index contributed by atoms with van der Waals surface area (Å²) in [5.74, 6) is -2.26. The number of H-pyrrole nitrogens is 1. The van der Waals surface area contributed by atoms with Crippen LogP contribution in [0, 0.1) is 13.8 Å². The summed E-state index contributed by atoms with van der Waals surface area (Å²) in [5.41, 5.74) is 1.21. The van der Waals surface area contributed by atoms with Gasteiger partial charge in [0, 0.05) is 12.2 Å². The van der Waals surface area contributed by atoms with Gasteiger partial charge in [-0.1, -0.05) is 0 Å². The molecule has 0 saturated carbocycles. The Balaban J connectivity index is 2.72. The van der Waals surface area contributed by atoms with Crippen molar-refractivity contribution >= 4 is 23.8 Å². The molecule has 0 bridgehead atoms. The van der Waals surface area contributed by atoms with Crippen LogP contribution in [0.1, 0.15) is 59.8 Å². The Morgan fingerprint density at radius 2 is 1.70 bits per heavy atom. The molecular formula is C18H27N3O6. The van der Waals surface area contributed by atoms with Crippen LogP contribution < -0.4 is 10.6 Å². The van der Waals surface area contributed by atoms with Gasteiger partial charge in [0.2, 0.25) is 5.91 Å². The maximum Gasteiger partial charge on any atom is 0.355 e. The zero-order valence-corrected chi connectivity index (χ0v) is 16.5. The molecule has 1 atom stereocenters. The maximum absolute atomic E-state index is 12.2. The molecule has 1 rings (SSSR count). The number of carbonyl (C=O) groups excluding carboxylic acids is 4. The van der Waals surface area contributed by atoms with E-state index in [4.69, 9.17) is 9.47 Å². The van der Waals surface area contributed by atoms with Gasteiger partial charge in [0.1, 0.15) is 11.7 Å². The van der Waals surface area contributed by atoms with Crippen LogP contribution in [0.3, 0.4) is 0 Å². The van der Waals surface area contributed by atoms with Gasteiger partial charge in [0.05, 0.1) is 11.7 Å². The summed E-state index contributed by atoms with van der Waals surface area (Å²) in [6.45, 7) is 9.87. The van der Waals surface area contributed by atoms with Gasteiger partial charge in [-0.15, -0.1) is 0 Å². The molecule has 0 aliphatic heterocycles. The van der Waals surface area contributed by atoms with Crippen LogP contribution in [0.25, 0.3) is 0 Å². The average Bonchev–Trinajstić information content (AvgIpc) is 2.86. The van der Waals surface area contributed by atoms with Crippen molar-refractivity contribution in [1.82, 2.24) is 15.6 Å². The number of hydrogen-bond acceptors (Lipinski definition) is 6. The number of nitrogens with one attached hydrogen (secondary N) is 3. The van der Waals surface area contributed by atoms with Crippen LogP contribution in [0.4, 0.5) is 0 Å². The van der Waals surface area contributed by atoms with E-state index in [9.17, 15) is 19.2 Å². The lowest BCUT2D eigenvalue weighted by molar-refractivity contribution is -0.130. The Labute approximate surface area is 158 Å². The number of aromatic amines is 1. The third-order valence-corrected chi connectivity index (χ3v) is 3.64. The Bertz CT molecular complexity index is 723. The first-order valence-electron chi connectivity index (χ1n) is 8.72. The molecule has 0 aliphatic carbocycles. The number of amides is 2. The standard InChI is InChI=1S/C18H27N3O6/c1-7-19-16(23)12(6)20-13(22)8-26-18(25)15-10(4)14(11(5)21-15)17(24)27-9(2)3/h9,12,21H,7-8H2,1-6H3,(H,19,23)(H,20,22)/t12-/m1/s1. The van der Waals surface area contributed by atoms with E-state index in [1.54, 1.807) is 34.6 Å². The van der Waals surface area contributed by atoms with Crippen molar-refractivity contribution in [1.29, 1.82) is 0 Å². The topological polar surface area (TPSA) is 127 Å². The monoisotopic (exact) mass is 381 g/mol. The van der Waals surface area contributed by atoms with Crippen LogP contribution in [-0.4, -0.2) is 54.0 Å². The average molecular weight is 381 g/mol. The second-order valence-corrected chi connectivity index (χ2v) is 6.34. The fourth-order valence-electron chi connectivity index (χ4n) is 2.41. The molecule has 9 heteroatoms. The largest absolute Gasteiger partial charge is 0.459 e. The minimum absolute atomic E-state index is 0.0766. The summed E-state index contributed by atoms with van der Waals surface area (Å²) in [6, 6.07) is -0.747. The van der Waals surface area contributed by atoms with E-state index in [1.165, 1.54) is 6.92 Å². The fourth-order valence-corrected chi connectivity index (χ4v) is 2.41. The Kier molecular flexibility index (Phi) is 8.01. The molecule has 0 aromatic carbocycles. The molecule has 0 spiro atoms. The van der Waals surface area contributed by atoms with Crippen molar-refractivity contribution in [3.63, 3.8) is 0 Å². The van der Waals surface area contributed by atoms with Gasteiger partial charge in [-0.3, -0.25) is 9.59 Å². The molecule has 1 heterocycles. The highest BCUT2D eigenvalue weighted by Crippen LogP contribution is 2.20. The summed E-state index contributed by atoms with van der Waals surface area (Å²) in [5, 5.41) is 5.00. The van der Waals surface area contributed by atoms with Crippen molar-refractivity contribution < 1.29 is 28.7 Å². The van der Waals surface area contributed by atoms with Gasteiger partial charge in [0.15, 0.2) is 6.61 Å². The third-order valence-electron chi connectivity index (χ3n) is 3.64. The van der Waals surface area contributed by atoms with E-state index >= 15 is 0 Å². The number of carbonyl (C=O) groups is 4. The molecule has 27 heavy (non-hydrogen) atoms. The number of likely N-dealkylation sites (N-methyl/N-ethyl adjacent to an activating group) is 1. The smallest absolute Gasteiger partial charge is 0.355 e. The molecule has 1 aromatic rings. The van der Waals surface area contributed by atoms with E-state index in [0.717, 1.165) is 0 Å². The van der Waals surface area contributed by atoms with Crippen molar-refractivity contribution in [2.75, 3.05) is 13.2 Å². The Morgan fingerprint density at radius 1 is 1.07 bits per heavy atom. The zero-order chi connectivity index (χ0) is 20.7. The molecule has 3 N–H and O–H groups in total. The highest BCUT2D eigenvalue weighted by Gasteiger charge is 2.25. The minimum Gasteiger partial charge on any atom is -0.459 e. The molecule has 2 amide bonds. The van der Waals surface area contributed by atoms with Gasteiger partial charge < -0.3 is 25.1 Å². The minimum atomic E-state index is -0.778. The predicted molar refractivity (Wildman–Crippen MR) is 97.4 cm³/mol. The van der Waals surface area contributed by atoms with Crippen LogP contribution in [-0.2, 0) is 19.1 Å². The maximum atomic E-state index is 12.2. The SMILES string of the molecule is CCNC(=O)[C@@H](C)NC(=O)COC(=O)c1[nH]c(C)c(C(=O)OC(C)C)c1C. The number of hydrogen-bond donors (Lipinski definition) is 3. The number of ether oxygens (including phenoxy) is 2. The Morgan fingerprint density at radius 3 is 2.26 bits per heavy atom. The highest BCUT2D eigenvalue weighted by atomic mass is 16.5. The van der Waals surface area contributed by atoms with Crippen molar-refractivity contribution in [2.45, 2.75) is 53.7 Å². The molecule has 0 aliphatic rings. The summed E-state index contributed by atoms with van der Waals surface area (Å²) >= 11 is 0. The predicted octanol–water partition coefficient (Wildman–Crippen LogP) is 0.994. The second kappa shape index (κ2) is 9.75. The first-order valence-corrected chi connectivity index (χ1v) is 8.72. The van der Waals surface area contributed by atoms with E-state index in [-0.39, 0.29) is 23.3 Å². The van der Waals surface area contributed by atoms with Crippen LogP contribution in [0.15, 0.2) is 0 Å². The molecule has 0 fully saturated rings. The van der Waals surface area contributed by atoms with Gasteiger partial charge in [-0.05, 0) is 47.1 Å². The fraction of sp³-hybridized carbons (Fsp3) is 0.556. The van der Waals surface area contributed by atoms with Gasteiger partial charge in [0.25, 0.3) is 5.91 Å². The number of aryl methyl sites for hydroxylation is 1. The lowest BCUT2D eigenvalue weighted by Crippen LogP contribution is -2.46. The number of aromatic nitrogens is 1. The summed E-state index contributed by atoms with van der Waals surface area (Å²) in [7, 11) is 0. The normalized spacial score (nSPS) is 11.7. The van der Waals surface area contributed by atoms with E-state index in [2.05, 4.69) is 15.6 Å². The summed E-state index contributed by atoms with van der Waals surface area (Å²) in [6.07, 6.45) is -0.294. The molecule has 1 aromatic heterocycles. The number of esters is 2. The molecule has 0 radical (unpaired) electrons. The van der Waals surface area contributed by atoms with E-state index in [1.807, 2.05) is 0 Å². The molecular weight excluding hydrogens is 354 g/mol. The van der Waals surface area contributed by atoms with Crippen LogP contribution in [0.2, 0.25) is 0 Å². The lowest BCUT2D eigenvalue weighted by atomic mass is 10.1. The third kappa shape index (κ3) is 6.12. The van der Waals surface area contributed by atoms with Crippen LogP contribution >= 0.6 is 0 Å². The molecule has 9 nitrogen and oxygen atoms in total. The summed E-state index contributed by atoms with van der Waals surface area (Å²) in [4.78, 5) is 50.6. The Hall–Kier alpha value is -2.84.